The lowest BCUT2D eigenvalue weighted by molar-refractivity contribution is -0.137. The van der Waals surface area contributed by atoms with E-state index in [1.807, 2.05) is 11.0 Å². The molecule has 23 heavy (non-hydrogen) atoms. The van der Waals surface area contributed by atoms with Crippen LogP contribution in [0.15, 0.2) is 30.3 Å². The second-order valence-corrected chi connectivity index (χ2v) is 6.96. The number of hydrogen-bond acceptors (Lipinski definition) is 2. The Bertz CT molecular complexity index is 546. The summed E-state index contributed by atoms with van der Waals surface area (Å²) in [6, 6.07) is 10.2. The summed E-state index contributed by atoms with van der Waals surface area (Å²) in [5.74, 6) is 0.918. The third-order valence-electron chi connectivity index (χ3n) is 4.97. The fourth-order valence-corrected chi connectivity index (χ4v) is 3.32. The van der Waals surface area contributed by atoms with Crippen molar-refractivity contribution in [1.82, 2.24) is 10.2 Å². The molecule has 2 aliphatic rings. The van der Waals surface area contributed by atoms with Gasteiger partial charge in [0.15, 0.2) is 0 Å². The van der Waals surface area contributed by atoms with Crippen molar-refractivity contribution in [3.05, 3.63) is 35.9 Å². The third kappa shape index (κ3) is 4.34. The molecule has 124 valence electrons. The van der Waals surface area contributed by atoms with Crippen molar-refractivity contribution in [3.63, 3.8) is 0 Å². The van der Waals surface area contributed by atoms with Crippen LogP contribution in [0.5, 0.6) is 0 Å². The molecule has 1 atom stereocenters. The highest BCUT2D eigenvalue weighted by Gasteiger charge is 2.33. The molecule has 1 heterocycles. The monoisotopic (exact) mass is 314 g/mol. The Balaban J connectivity index is 1.44. The number of nitrogens with zero attached hydrogens (tertiary/aromatic N) is 1. The van der Waals surface area contributed by atoms with Gasteiger partial charge in [-0.1, -0.05) is 30.3 Å². The second-order valence-electron chi connectivity index (χ2n) is 6.96. The van der Waals surface area contributed by atoms with Gasteiger partial charge < -0.3 is 10.2 Å². The minimum atomic E-state index is -0.395. The summed E-state index contributed by atoms with van der Waals surface area (Å²) >= 11 is 0. The normalized spacial score (nSPS) is 20.1. The highest BCUT2D eigenvalue weighted by Crippen LogP contribution is 2.29. The number of likely N-dealkylation sites (tertiary alicyclic amines) is 1. The van der Waals surface area contributed by atoms with E-state index in [1.165, 1.54) is 5.56 Å². The van der Waals surface area contributed by atoms with E-state index in [0.717, 1.165) is 45.2 Å². The molecule has 4 nitrogen and oxygen atoms in total. The first kappa shape index (κ1) is 16.0. The molecule has 2 amide bonds. The predicted molar refractivity (Wildman–Crippen MR) is 89.8 cm³/mol. The number of rotatable bonds is 5. The highest BCUT2D eigenvalue weighted by molar-refractivity contribution is 5.89. The summed E-state index contributed by atoms with van der Waals surface area (Å²) in [4.78, 5) is 26.1. The molecule has 1 aromatic rings. The molecule has 0 radical (unpaired) electrons. The summed E-state index contributed by atoms with van der Waals surface area (Å²) in [6.07, 6.45) is 5.12. The molecule has 0 aromatic heterocycles. The van der Waals surface area contributed by atoms with Crippen LogP contribution in [-0.4, -0.2) is 35.8 Å². The largest absolute Gasteiger partial charge is 0.344 e. The van der Waals surface area contributed by atoms with Gasteiger partial charge in [0, 0.05) is 19.0 Å². The topological polar surface area (TPSA) is 49.4 Å². The minimum Gasteiger partial charge on any atom is -0.344 e. The van der Waals surface area contributed by atoms with Crippen molar-refractivity contribution >= 4 is 11.8 Å². The minimum absolute atomic E-state index is 0.0461. The fraction of sp³-hybridized carbons (Fsp3) is 0.579. The van der Waals surface area contributed by atoms with Crippen LogP contribution in [0.3, 0.4) is 0 Å². The Labute approximate surface area is 138 Å². The van der Waals surface area contributed by atoms with Crippen LogP contribution in [0, 0.1) is 11.8 Å². The van der Waals surface area contributed by atoms with Gasteiger partial charge in [-0.2, -0.15) is 0 Å². The molecular weight excluding hydrogens is 288 g/mol. The van der Waals surface area contributed by atoms with Crippen LogP contribution in [-0.2, 0) is 16.0 Å². The van der Waals surface area contributed by atoms with E-state index in [0.29, 0.717) is 5.92 Å². The number of carbonyl (C=O) groups is 2. The maximum absolute atomic E-state index is 12.5. The van der Waals surface area contributed by atoms with Crippen molar-refractivity contribution in [2.45, 2.75) is 45.1 Å². The Morgan fingerprint density at radius 2 is 1.78 bits per heavy atom. The van der Waals surface area contributed by atoms with Gasteiger partial charge in [-0.15, -0.1) is 0 Å². The molecule has 0 unspecified atom stereocenters. The summed E-state index contributed by atoms with van der Waals surface area (Å²) < 4.78 is 0. The van der Waals surface area contributed by atoms with Crippen LogP contribution < -0.4 is 5.32 Å². The molecule has 4 heteroatoms. The van der Waals surface area contributed by atoms with Crippen molar-refractivity contribution < 1.29 is 9.59 Å². The smallest absolute Gasteiger partial charge is 0.244 e. The van der Waals surface area contributed by atoms with E-state index in [9.17, 15) is 9.59 Å². The molecule has 1 saturated carbocycles. The average molecular weight is 314 g/mol. The Morgan fingerprint density at radius 3 is 2.39 bits per heavy atom. The molecule has 1 aliphatic heterocycles. The molecular formula is C19H26N2O2. The van der Waals surface area contributed by atoms with Gasteiger partial charge in [0.25, 0.3) is 0 Å². The first-order valence-electron chi connectivity index (χ1n) is 8.76. The van der Waals surface area contributed by atoms with Gasteiger partial charge in [0.2, 0.25) is 11.8 Å². The lowest BCUT2D eigenvalue weighted by Crippen LogP contribution is -2.49. The molecule has 3 rings (SSSR count). The van der Waals surface area contributed by atoms with Crippen molar-refractivity contribution in [2.75, 3.05) is 13.1 Å². The van der Waals surface area contributed by atoms with Crippen LogP contribution in [0.25, 0.3) is 0 Å². The summed E-state index contributed by atoms with van der Waals surface area (Å²) in [5.41, 5.74) is 1.38. The fourth-order valence-electron chi connectivity index (χ4n) is 3.32. The zero-order valence-corrected chi connectivity index (χ0v) is 13.8. The van der Waals surface area contributed by atoms with Gasteiger partial charge in [-0.05, 0) is 50.5 Å². The summed E-state index contributed by atoms with van der Waals surface area (Å²) in [5, 5.41) is 2.86. The molecule has 1 saturated heterocycles. The molecule has 0 bridgehead atoms. The number of nitrogens with one attached hydrogen (secondary N) is 1. The van der Waals surface area contributed by atoms with Crippen molar-refractivity contribution in [1.29, 1.82) is 0 Å². The molecule has 1 aliphatic carbocycles. The maximum atomic E-state index is 12.5. The van der Waals surface area contributed by atoms with E-state index in [1.54, 1.807) is 6.92 Å². The van der Waals surface area contributed by atoms with E-state index in [-0.39, 0.29) is 17.7 Å². The number of amides is 2. The van der Waals surface area contributed by atoms with E-state index < -0.39 is 6.04 Å². The first-order valence-corrected chi connectivity index (χ1v) is 8.76. The van der Waals surface area contributed by atoms with Crippen LogP contribution in [0.1, 0.15) is 38.2 Å². The lowest BCUT2D eigenvalue weighted by Gasteiger charge is -2.33. The number of benzene rings is 1. The lowest BCUT2D eigenvalue weighted by atomic mass is 9.90. The third-order valence-corrected chi connectivity index (χ3v) is 4.97. The van der Waals surface area contributed by atoms with Gasteiger partial charge in [0.05, 0.1) is 0 Å². The molecule has 1 N–H and O–H groups in total. The maximum Gasteiger partial charge on any atom is 0.244 e. The average Bonchev–Trinajstić information content (AvgIpc) is 3.41. The van der Waals surface area contributed by atoms with Gasteiger partial charge >= 0.3 is 0 Å². The predicted octanol–water partition coefficient (Wildman–Crippen LogP) is 2.38. The first-order chi connectivity index (χ1) is 11.1. The number of hydrogen-bond donors (Lipinski definition) is 1. The summed E-state index contributed by atoms with van der Waals surface area (Å²) in [7, 11) is 0. The van der Waals surface area contributed by atoms with Gasteiger partial charge in [0.1, 0.15) is 6.04 Å². The molecule has 1 aromatic carbocycles. The highest BCUT2D eigenvalue weighted by atomic mass is 16.2. The number of carbonyl (C=O) groups excluding carboxylic acids is 2. The van der Waals surface area contributed by atoms with E-state index >= 15 is 0 Å². The van der Waals surface area contributed by atoms with Crippen LogP contribution in [0.2, 0.25) is 0 Å². The van der Waals surface area contributed by atoms with Crippen LogP contribution >= 0.6 is 0 Å². The summed E-state index contributed by atoms with van der Waals surface area (Å²) in [6.45, 7) is 3.42. The van der Waals surface area contributed by atoms with Crippen molar-refractivity contribution in [2.24, 2.45) is 11.8 Å². The Hall–Kier alpha value is -1.84. The van der Waals surface area contributed by atoms with Gasteiger partial charge in [-0.25, -0.2) is 0 Å². The van der Waals surface area contributed by atoms with Crippen molar-refractivity contribution in [3.8, 4) is 0 Å². The molecule has 2 fully saturated rings. The SMILES string of the molecule is C[C@@H](NC(=O)C1CC1)C(=O)N1CCC(Cc2ccccc2)CC1. The Kier molecular flexibility index (Phi) is 4.99. The standard InChI is InChI=1S/C19H26N2O2/c1-14(20-18(22)17-7-8-17)19(23)21-11-9-16(10-12-21)13-15-5-3-2-4-6-15/h2-6,14,16-17H,7-13H2,1H3,(H,20,22)/t14-/m1/s1. The Morgan fingerprint density at radius 1 is 1.13 bits per heavy atom. The second kappa shape index (κ2) is 7.16. The number of piperidine rings is 1. The zero-order chi connectivity index (χ0) is 16.2. The molecule has 0 spiro atoms. The van der Waals surface area contributed by atoms with E-state index in [2.05, 4.69) is 29.6 Å². The van der Waals surface area contributed by atoms with Crippen LogP contribution in [0.4, 0.5) is 0 Å². The van der Waals surface area contributed by atoms with E-state index in [4.69, 9.17) is 0 Å². The van der Waals surface area contributed by atoms with Gasteiger partial charge in [-0.3, -0.25) is 9.59 Å². The quantitative estimate of drug-likeness (QED) is 0.907. The zero-order valence-electron chi connectivity index (χ0n) is 13.8.